The van der Waals surface area contributed by atoms with Gasteiger partial charge in [-0.25, -0.2) is 9.97 Å². The standard InChI is InChI=1S/C50H46N9O4/c1-33-16-20-38(62-47-40-11-4-3-10-35(40)22-25-52-47)31-57(33)49(60)42-13-6-5-12-41(42)46-51-24-9-29-56(46)37-19-18-36-23-26-53-48(44(36)30-37)63-39-21-17-34(2)58(32-39)50(61)43-14-7-8-15-45(43)59-54-27-28-55-59/h3-15,18-19,22-30,33-34,38-39H,16-17,20-21,31-32H2,1-2H3/q+1. The third-order valence-electron chi connectivity index (χ3n) is 12.3. The SMILES string of the molecule is CC1CCC(Oc2nccc3ccccc23)CN1C(=O)c1ccccc1-c1nccc[n+]1-c1ccc2ccnc(OC3CCC(C)N(C(=O)c4ccccc4-n4nccn4)C3)c2c1. The molecule has 2 saturated heterocycles. The number of pyridine rings is 2. The zero-order chi connectivity index (χ0) is 42.9. The van der Waals surface area contributed by atoms with Crippen molar-refractivity contribution in [2.45, 2.75) is 63.8 Å². The van der Waals surface area contributed by atoms with Gasteiger partial charge in [0, 0.05) is 41.3 Å². The predicted molar refractivity (Wildman–Crippen MR) is 238 cm³/mol. The third-order valence-corrected chi connectivity index (χ3v) is 12.3. The number of ether oxygens (including phenoxy) is 2. The lowest BCUT2D eigenvalue weighted by molar-refractivity contribution is -0.586. The first-order chi connectivity index (χ1) is 30.9. The molecule has 2 amide bonds. The average Bonchev–Trinajstić information content (AvgIpc) is 3.88. The number of aromatic nitrogens is 7. The maximum absolute atomic E-state index is 14.7. The summed E-state index contributed by atoms with van der Waals surface area (Å²) in [5, 5.41) is 12.3. The van der Waals surface area contributed by atoms with E-state index in [0.717, 1.165) is 52.9 Å². The topological polar surface area (TPSA) is 132 Å². The van der Waals surface area contributed by atoms with Gasteiger partial charge < -0.3 is 19.3 Å². The molecule has 10 rings (SSSR count). The summed E-state index contributed by atoms with van der Waals surface area (Å²) >= 11 is 0. The van der Waals surface area contributed by atoms with Crippen molar-refractivity contribution in [2.24, 2.45) is 0 Å². The maximum atomic E-state index is 14.7. The van der Waals surface area contributed by atoms with Gasteiger partial charge in [0.05, 0.1) is 47.9 Å². The molecule has 4 atom stereocenters. The summed E-state index contributed by atoms with van der Waals surface area (Å²) in [6.07, 6.45) is 13.1. The lowest BCUT2D eigenvalue weighted by Gasteiger charge is -2.38. The van der Waals surface area contributed by atoms with Crippen LogP contribution in [0.4, 0.5) is 0 Å². The summed E-state index contributed by atoms with van der Waals surface area (Å²) in [5.74, 6) is 1.51. The first kappa shape index (κ1) is 39.6. The smallest absolute Gasteiger partial charge is 0.336 e. The molecule has 13 heteroatoms. The van der Waals surface area contributed by atoms with Crippen molar-refractivity contribution in [3.63, 3.8) is 0 Å². The monoisotopic (exact) mass is 836 g/mol. The minimum Gasteiger partial charge on any atom is -0.472 e. The Hall–Kier alpha value is -7.54. The number of benzene rings is 4. The van der Waals surface area contributed by atoms with Crippen LogP contribution in [-0.4, -0.2) is 88.9 Å². The normalized spacial score (nSPS) is 19.0. The van der Waals surface area contributed by atoms with E-state index < -0.39 is 0 Å². The number of piperidine rings is 2. The van der Waals surface area contributed by atoms with Gasteiger partial charge in [-0.05, 0) is 116 Å². The number of nitrogens with zero attached hydrogens (tertiary/aromatic N) is 9. The molecular formula is C50H46N9O4+. The van der Waals surface area contributed by atoms with Gasteiger partial charge in [0.2, 0.25) is 11.8 Å². The van der Waals surface area contributed by atoms with Crippen molar-refractivity contribution in [3.05, 3.63) is 158 Å². The molecule has 63 heavy (non-hydrogen) atoms. The number of hydrogen-bond acceptors (Lipinski definition) is 9. The maximum Gasteiger partial charge on any atom is 0.336 e. The molecule has 8 aromatic rings. The van der Waals surface area contributed by atoms with Crippen LogP contribution in [0, 0.1) is 0 Å². The quantitative estimate of drug-likeness (QED) is 0.133. The molecule has 13 nitrogen and oxygen atoms in total. The number of likely N-dealkylation sites (tertiary alicyclic amines) is 2. The Bertz CT molecular complexity index is 2950. The molecule has 0 spiro atoms. The summed E-state index contributed by atoms with van der Waals surface area (Å²) in [4.78, 5) is 48.2. The number of fused-ring (bicyclic) bond motifs is 2. The summed E-state index contributed by atoms with van der Waals surface area (Å²) < 4.78 is 15.2. The molecule has 2 aliphatic rings. The Balaban J connectivity index is 0.915. The minimum atomic E-state index is -0.285. The Kier molecular flexibility index (Phi) is 10.7. The summed E-state index contributed by atoms with van der Waals surface area (Å²) in [7, 11) is 0. The fraction of sp³-hybridized carbons (Fsp3) is 0.240. The van der Waals surface area contributed by atoms with Crippen LogP contribution < -0.4 is 14.0 Å². The molecule has 0 saturated carbocycles. The van der Waals surface area contributed by atoms with Crippen LogP contribution in [0.3, 0.4) is 0 Å². The van der Waals surface area contributed by atoms with Gasteiger partial charge in [-0.3, -0.25) is 9.59 Å². The van der Waals surface area contributed by atoms with Gasteiger partial charge in [-0.2, -0.15) is 19.6 Å². The Morgan fingerprint density at radius 3 is 1.92 bits per heavy atom. The third kappa shape index (κ3) is 7.82. The van der Waals surface area contributed by atoms with Gasteiger partial charge in [0.1, 0.15) is 30.3 Å². The number of carbonyl (C=O) groups excluding carboxylic acids is 2. The summed E-state index contributed by atoms with van der Waals surface area (Å²) in [6.45, 7) is 5.00. The van der Waals surface area contributed by atoms with Crippen LogP contribution in [0.15, 0.2) is 146 Å². The summed E-state index contributed by atoms with van der Waals surface area (Å²) in [6, 6.07) is 35.1. The van der Waals surface area contributed by atoms with Crippen molar-refractivity contribution in [1.29, 1.82) is 0 Å². The second-order valence-electron chi connectivity index (χ2n) is 16.3. The van der Waals surface area contributed by atoms with Crippen molar-refractivity contribution < 1.29 is 23.6 Å². The first-order valence-corrected chi connectivity index (χ1v) is 21.5. The number of carbonyl (C=O) groups is 2. The van der Waals surface area contributed by atoms with Gasteiger partial charge in [0.15, 0.2) is 0 Å². The zero-order valence-electron chi connectivity index (χ0n) is 35.1. The molecule has 0 bridgehead atoms. The highest BCUT2D eigenvalue weighted by Gasteiger charge is 2.35. The number of para-hydroxylation sites is 1. The lowest BCUT2D eigenvalue weighted by Crippen LogP contribution is -2.49. The fourth-order valence-electron chi connectivity index (χ4n) is 8.90. The van der Waals surface area contributed by atoms with Gasteiger partial charge in [0.25, 0.3) is 11.8 Å². The van der Waals surface area contributed by atoms with Gasteiger partial charge >= 0.3 is 5.82 Å². The second kappa shape index (κ2) is 17.1. The number of rotatable bonds is 9. The van der Waals surface area contributed by atoms with Gasteiger partial charge in [-0.15, -0.1) is 0 Å². The zero-order valence-corrected chi connectivity index (χ0v) is 35.1. The molecular weight excluding hydrogens is 791 g/mol. The number of amides is 2. The van der Waals surface area contributed by atoms with E-state index in [4.69, 9.17) is 19.4 Å². The molecule has 0 N–H and O–H groups in total. The van der Waals surface area contributed by atoms with Gasteiger partial charge in [-0.1, -0.05) is 42.5 Å². The van der Waals surface area contributed by atoms with Crippen LogP contribution in [0.5, 0.6) is 11.8 Å². The van der Waals surface area contributed by atoms with E-state index in [9.17, 15) is 9.59 Å². The highest BCUT2D eigenvalue weighted by Crippen LogP contribution is 2.32. The molecule has 6 heterocycles. The highest BCUT2D eigenvalue weighted by molar-refractivity contribution is 6.00. The molecule has 4 aromatic heterocycles. The Morgan fingerprint density at radius 2 is 1.19 bits per heavy atom. The van der Waals surface area contributed by atoms with E-state index in [2.05, 4.69) is 29.0 Å². The van der Waals surface area contributed by atoms with Crippen molar-refractivity contribution >= 4 is 33.4 Å². The average molecular weight is 837 g/mol. The number of hydrogen-bond donors (Lipinski definition) is 0. The molecule has 0 radical (unpaired) electrons. The molecule has 314 valence electrons. The van der Waals surface area contributed by atoms with E-state index in [1.54, 1.807) is 31.0 Å². The van der Waals surface area contributed by atoms with Crippen LogP contribution >= 0.6 is 0 Å². The lowest BCUT2D eigenvalue weighted by atomic mass is 9.98. The molecule has 0 aliphatic carbocycles. The van der Waals surface area contributed by atoms with Crippen LogP contribution in [0.2, 0.25) is 0 Å². The first-order valence-electron chi connectivity index (χ1n) is 21.5. The molecule has 2 fully saturated rings. The summed E-state index contributed by atoms with van der Waals surface area (Å²) in [5.41, 5.74) is 3.25. The van der Waals surface area contributed by atoms with E-state index in [-0.39, 0.29) is 36.1 Å². The second-order valence-corrected chi connectivity index (χ2v) is 16.3. The van der Waals surface area contributed by atoms with Crippen LogP contribution in [0.25, 0.3) is 44.3 Å². The Morgan fingerprint density at radius 1 is 0.587 bits per heavy atom. The fourth-order valence-corrected chi connectivity index (χ4v) is 8.90. The van der Waals surface area contributed by atoms with Crippen molar-refractivity contribution in [3.8, 4) is 34.5 Å². The van der Waals surface area contributed by atoms with E-state index >= 15 is 0 Å². The largest absolute Gasteiger partial charge is 0.472 e. The predicted octanol–water partition coefficient (Wildman–Crippen LogP) is 7.85. The highest BCUT2D eigenvalue weighted by atomic mass is 16.5. The van der Waals surface area contributed by atoms with E-state index in [0.29, 0.717) is 53.1 Å². The molecule has 2 aliphatic heterocycles. The minimum absolute atomic E-state index is 0.0125. The van der Waals surface area contributed by atoms with Crippen LogP contribution in [-0.2, 0) is 0 Å². The van der Waals surface area contributed by atoms with Crippen molar-refractivity contribution in [1.82, 2.24) is 39.7 Å². The van der Waals surface area contributed by atoms with E-state index in [1.807, 2.05) is 130 Å². The molecule has 4 aromatic carbocycles. The van der Waals surface area contributed by atoms with Crippen LogP contribution in [0.1, 0.15) is 60.2 Å². The Labute approximate surface area is 364 Å². The van der Waals surface area contributed by atoms with E-state index in [1.165, 1.54) is 4.80 Å². The molecule has 4 unspecified atom stereocenters. The van der Waals surface area contributed by atoms with Crippen molar-refractivity contribution in [2.75, 3.05) is 13.1 Å².